The highest BCUT2D eigenvalue weighted by Gasteiger charge is 2.30. The van der Waals surface area contributed by atoms with Crippen molar-refractivity contribution in [2.75, 3.05) is 5.75 Å². The molecule has 14 heteroatoms. The number of nitrogens with two attached hydrogens (primary N) is 2. The first-order chi connectivity index (χ1) is 16.9. The molecule has 4 atom stereocenters. The SMILES string of the molecule is NC(=O)CCC(NC(=O)C(CS)NC(=O)C(Cc1ccccc1)NC(=O)C(N)CCC(=O)O)C(=O)O. The van der Waals surface area contributed by atoms with Crippen LogP contribution in [-0.4, -0.2) is 75.7 Å². The fourth-order valence-corrected chi connectivity index (χ4v) is 3.29. The largest absolute Gasteiger partial charge is 0.481 e. The number of benzene rings is 1. The summed E-state index contributed by atoms with van der Waals surface area (Å²) in [5.74, 6) is -5.85. The molecule has 1 aromatic rings. The second kappa shape index (κ2) is 15.4. The molecule has 4 unspecified atom stereocenters. The summed E-state index contributed by atoms with van der Waals surface area (Å²) in [4.78, 5) is 71.2. The molecule has 0 aromatic heterocycles. The van der Waals surface area contributed by atoms with E-state index in [-0.39, 0.29) is 37.9 Å². The maximum atomic E-state index is 13.0. The first-order valence-corrected chi connectivity index (χ1v) is 11.6. The van der Waals surface area contributed by atoms with Crippen LogP contribution in [0.3, 0.4) is 0 Å². The zero-order valence-corrected chi connectivity index (χ0v) is 20.3. The maximum Gasteiger partial charge on any atom is 0.326 e. The highest BCUT2D eigenvalue weighted by molar-refractivity contribution is 7.80. The number of hydrogen-bond donors (Lipinski definition) is 8. The molecule has 0 saturated carbocycles. The molecular weight excluding hydrogens is 494 g/mol. The molecule has 1 rings (SSSR count). The molecule has 0 spiro atoms. The minimum Gasteiger partial charge on any atom is -0.481 e. The highest BCUT2D eigenvalue weighted by atomic mass is 32.1. The van der Waals surface area contributed by atoms with Crippen LogP contribution in [-0.2, 0) is 35.2 Å². The number of carboxylic acid groups (broad SMARTS) is 2. The minimum absolute atomic E-state index is 0.0291. The third kappa shape index (κ3) is 11.2. The van der Waals surface area contributed by atoms with Crippen molar-refractivity contribution in [2.45, 2.75) is 56.3 Å². The van der Waals surface area contributed by atoms with Gasteiger partial charge in [-0.2, -0.15) is 12.6 Å². The molecule has 36 heavy (non-hydrogen) atoms. The van der Waals surface area contributed by atoms with E-state index in [1.54, 1.807) is 30.3 Å². The molecular formula is C22H31N5O8S. The molecule has 0 aliphatic heterocycles. The molecule has 4 amide bonds. The van der Waals surface area contributed by atoms with Crippen LogP contribution in [0.4, 0.5) is 0 Å². The van der Waals surface area contributed by atoms with Gasteiger partial charge in [-0.1, -0.05) is 30.3 Å². The topological polar surface area (TPSA) is 231 Å². The fraction of sp³-hybridized carbons (Fsp3) is 0.455. The molecule has 13 nitrogen and oxygen atoms in total. The standard InChI is InChI=1S/C22H31N5O8S/c23-13(6-9-18(29)30)19(31)26-15(10-12-4-2-1-3-5-12)20(32)27-16(11-36)21(33)25-14(22(34)35)7-8-17(24)28/h1-5,13-16,36H,6-11,23H2,(H2,24,28)(H,25,33)(H,26,31)(H,27,32)(H,29,30)(H,34,35). The van der Waals surface area contributed by atoms with E-state index < -0.39 is 59.7 Å². The Balaban J connectivity index is 2.96. The average molecular weight is 526 g/mol. The van der Waals surface area contributed by atoms with Gasteiger partial charge in [0.15, 0.2) is 0 Å². The quantitative estimate of drug-likeness (QED) is 0.113. The van der Waals surface area contributed by atoms with Gasteiger partial charge in [-0.05, 0) is 18.4 Å². The summed E-state index contributed by atoms with van der Waals surface area (Å²) in [6.07, 6.45) is -0.981. The molecule has 0 aliphatic carbocycles. The molecule has 0 saturated heterocycles. The Morgan fingerprint density at radius 3 is 1.89 bits per heavy atom. The second-order valence-corrected chi connectivity index (χ2v) is 8.30. The van der Waals surface area contributed by atoms with E-state index >= 15 is 0 Å². The third-order valence-corrected chi connectivity index (χ3v) is 5.40. The summed E-state index contributed by atoms with van der Waals surface area (Å²) in [5.41, 5.74) is 11.5. The van der Waals surface area contributed by atoms with Gasteiger partial charge in [0.2, 0.25) is 23.6 Å². The van der Waals surface area contributed by atoms with E-state index in [0.29, 0.717) is 5.56 Å². The van der Waals surface area contributed by atoms with Crippen molar-refractivity contribution in [1.29, 1.82) is 0 Å². The number of aliphatic carboxylic acids is 2. The normalized spacial score (nSPS) is 13.9. The van der Waals surface area contributed by atoms with Crippen LogP contribution in [0.2, 0.25) is 0 Å². The second-order valence-electron chi connectivity index (χ2n) is 7.94. The smallest absolute Gasteiger partial charge is 0.326 e. The van der Waals surface area contributed by atoms with Crippen LogP contribution in [0.1, 0.15) is 31.2 Å². The van der Waals surface area contributed by atoms with Crippen molar-refractivity contribution in [1.82, 2.24) is 16.0 Å². The Kier molecular flexibility index (Phi) is 13.0. The number of carboxylic acids is 2. The summed E-state index contributed by atoms with van der Waals surface area (Å²) in [5, 5.41) is 25.2. The van der Waals surface area contributed by atoms with Gasteiger partial charge < -0.3 is 37.6 Å². The van der Waals surface area contributed by atoms with Crippen molar-refractivity contribution in [3.63, 3.8) is 0 Å². The highest BCUT2D eigenvalue weighted by Crippen LogP contribution is 2.06. The van der Waals surface area contributed by atoms with Crippen molar-refractivity contribution >= 4 is 48.2 Å². The van der Waals surface area contributed by atoms with E-state index in [1.807, 2.05) is 0 Å². The van der Waals surface area contributed by atoms with Crippen LogP contribution >= 0.6 is 12.6 Å². The van der Waals surface area contributed by atoms with Crippen LogP contribution in [0.15, 0.2) is 30.3 Å². The summed E-state index contributed by atoms with van der Waals surface area (Å²) in [6.45, 7) is 0. The number of primary amides is 1. The van der Waals surface area contributed by atoms with E-state index in [0.717, 1.165) is 0 Å². The average Bonchev–Trinajstić information content (AvgIpc) is 2.82. The molecule has 0 fully saturated rings. The van der Waals surface area contributed by atoms with Crippen LogP contribution < -0.4 is 27.4 Å². The van der Waals surface area contributed by atoms with Gasteiger partial charge in [-0.25, -0.2) is 4.79 Å². The van der Waals surface area contributed by atoms with Gasteiger partial charge in [-0.15, -0.1) is 0 Å². The van der Waals surface area contributed by atoms with Crippen LogP contribution in [0, 0.1) is 0 Å². The predicted molar refractivity (Wildman–Crippen MR) is 131 cm³/mol. The fourth-order valence-electron chi connectivity index (χ4n) is 3.03. The number of carbonyl (C=O) groups excluding carboxylic acids is 4. The van der Waals surface area contributed by atoms with E-state index in [2.05, 4.69) is 28.6 Å². The van der Waals surface area contributed by atoms with Crippen LogP contribution in [0.25, 0.3) is 0 Å². The lowest BCUT2D eigenvalue weighted by Gasteiger charge is -2.24. The summed E-state index contributed by atoms with van der Waals surface area (Å²) in [6, 6.07) is 3.60. The van der Waals surface area contributed by atoms with Gasteiger partial charge in [0.1, 0.15) is 18.1 Å². The van der Waals surface area contributed by atoms with E-state index in [9.17, 15) is 33.9 Å². The molecule has 1 aromatic carbocycles. The molecule has 0 heterocycles. The Morgan fingerprint density at radius 1 is 0.806 bits per heavy atom. The number of thiol groups is 1. The summed E-state index contributed by atoms with van der Waals surface area (Å²) < 4.78 is 0. The molecule has 0 aliphatic rings. The number of nitrogens with one attached hydrogen (secondary N) is 3. The number of hydrogen-bond acceptors (Lipinski definition) is 8. The predicted octanol–water partition coefficient (Wildman–Crippen LogP) is -1.84. The summed E-state index contributed by atoms with van der Waals surface area (Å²) in [7, 11) is 0. The monoisotopic (exact) mass is 525 g/mol. The van der Waals surface area contributed by atoms with E-state index in [4.69, 9.17) is 16.6 Å². The van der Waals surface area contributed by atoms with Gasteiger partial charge in [-0.3, -0.25) is 24.0 Å². The molecule has 198 valence electrons. The number of amides is 4. The Hall–Kier alpha value is -3.65. The van der Waals surface area contributed by atoms with Gasteiger partial charge in [0, 0.05) is 25.0 Å². The summed E-state index contributed by atoms with van der Waals surface area (Å²) >= 11 is 4.05. The van der Waals surface area contributed by atoms with Crippen molar-refractivity contribution < 1.29 is 39.0 Å². The Morgan fingerprint density at radius 2 is 1.36 bits per heavy atom. The molecule has 0 bridgehead atoms. The first-order valence-electron chi connectivity index (χ1n) is 11.0. The van der Waals surface area contributed by atoms with Gasteiger partial charge in [0.05, 0.1) is 6.04 Å². The Labute approximate surface area is 212 Å². The first kappa shape index (κ1) is 30.4. The van der Waals surface area contributed by atoms with Crippen molar-refractivity contribution in [3.8, 4) is 0 Å². The van der Waals surface area contributed by atoms with E-state index in [1.165, 1.54) is 0 Å². The molecule has 0 radical (unpaired) electrons. The zero-order valence-electron chi connectivity index (χ0n) is 19.4. The number of carbonyl (C=O) groups is 6. The lowest BCUT2D eigenvalue weighted by Crippen LogP contribution is -2.58. The third-order valence-electron chi connectivity index (χ3n) is 5.03. The maximum absolute atomic E-state index is 13.0. The zero-order chi connectivity index (χ0) is 27.3. The number of rotatable bonds is 16. The van der Waals surface area contributed by atoms with Crippen molar-refractivity contribution in [2.24, 2.45) is 11.5 Å². The van der Waals surface area contributed by atoms with Crippen molar-refractivity contribution in [3.05, 3.63) is 35.9 Å². The minimum atomic E-state index is -1.42. The Bertz CT molecular complexity index is 946. The van der Waals surface area contributed by atoms with Crippen LogP contribution in [0.5, 0.6) is 0 Å². The van der Waals surface area contributed by atoms with Gasteiger partial charge in [0.25, 0.3) is 0 Å². The van der Waals surface area contributed by atoms with Gasteiger partial charge >= 0.3 is 11.9 Å². The lowest BCUT2D eigenvalue weighted by atomic mass is 10.0. The lowest BCUT2D eigenvalue weighted by molar-refractivity contribution is -0.142. The molecule has 9 N–H and O–H groups in total.